The molecule has 0 aromatic rings. The second kappa shape index (κ2) is 11.6. The summed E-state index contributed by atoms with van der Waals surface area (Å²) in [5.74, 6) is 1.25. The molecule has 0 saturated heterocycles. The highest BCUT2D eigenvalue weighted by Crippen LogP contribution is 2.64. The molecule has 208 valence electrons. The minimum atomic E-state index is -0.620. The molecule has 3 aliphatic carbocycles. The lowest BCUT2D eigenvalue weighted by Crippen LogP contribution is -2.41. The molecule has 3 saturated carbocycles. The Morgan fingerprint density at radius 1 is 0.833 bits per heavy atom. The van der Waals surface area contributed by atoms with E-state index in [0.717, 1.165) is 44.9 Å². The third-order valence-corrected chi connectivity index (χ3v) is 9.95. The van der Waals surface area contributed by atoms with Crippen molar-refractivity contribution in [2.45, 2.75) is 155 Å². The lowest BCUT2D eigenvalue weighted by molar-refractivity contribution is 0.00527. The Morgan fingerprint density at radius 3 is 1.92 bits per heavy atom. The molecule has 4 N–H and O–H groups in total. The quantitative estimate of drug-likeness (QED) is 0.262. The van der Waals surface area contributed by atoms with Crippen molar-refractivity contribution in [3.05, 3.63) is 23.3 Å². The monoisotopic (exact) mass is 504 g/mol. The fourth-order valence-electron chi connectivity index (χ4n) is 8.24. The summed E-state index contributed by atoms with van der Waals surface area (Å²) in [6.07, 6.45) is 17.8. The Hall–Kier alpha value is -0.680. The predicted octanol–water partition coefficient (Wildman–Crippen LogP) is 6.85. The van der Waals surface area contributed by atoms with Crippen LogP contribution in [-0.4, -0.2) is 43.8 Å². The molecular weight excluding hydrogens is 448 g/mol. The van der Waals surface area contributed by atoms with Gasteiger partial charge in [-0.2, -0.15) is 0 Å². The minimum Gasteiger partial charge on any atom is -0.393 e. The van der Waals surface area contributed by atoms with Crippen LogP contribution in [0.4, 0.5) is 0 Å². The van der Waals surface area contributed by atoms with Crippen molar-refractivity contribution in [3.8, 4) is 0 Å². The van der Waals surface area contributed by atoms with E-state index >= 15 is 0 Å². The summed E-state index contributed by atoms with van der Waals surface area (Å²) < 4.78 is 0. The molecule has 36 heavy (non-hydrogen) atoms. The number of hydrogen-bond donors (Lipinski definition) is 4. The van der Waals surface area contributed by atoms with Crippen molar-refractivity contribution in [1.29, 1.82) is 0 Å². The second-order valence-electron chi connectivity index (χ2n) is 14.5. The van der Waals surface area contributed by atoms with Crippen LogP contribution in [0.25, 0.3) is 0 Å². The molecule has 5 atom stereocenters. The molecule has 4 heteroatoms. The van der Waals surface area contributed by atoms with E-state index in [2.05, 4.69) is 26.0 Å². The summed E-state index contributed by atoms with van der Waals surface area (Å²) in [7, 11) is 0. The van der Waals surface area contributed by atoms with E-state index in [-0.39, 0.29) is 10.8 Å². The van der Waals surface area contributed by atoms with Gasteiger partial charge >= 0.3 is 0 Å². The molecular formula is C32H56O4. The van der Waals surface area contributed by atoms with Gasteiger partial charge < -0.3 is 20.4 Å². The first-order chi connectivity index (χ1) is 16.6. The predicted molar refractivity (Wildman–Crippen MR) is 149 cm³/mol. The van der Waals surface area contributed by atoms with Gasteiger partial charge in [0.1, 0.15) is 0 Å². The fourth-order valence-corrected chi connectivity index (χ4v) is 8.24. The Labute approximate surface area is 221 Å². The SMILES string of the molecule is CC(C)(O)CCCC(C)(CCCC(C)(C)O)[C@H]1CCC2C(=CC=C3CC(O)C[C@H](O)C3)CCC[C@@]21C. The van der Waals surface area contributed by atoms with Gasteiger partial charge in [0.05, 0.1) is 23.4 Å². The number of hydrogen-bond acceptors (Lipinski definition) is 4. The molecule has 3 fully saturated rings. The molecule has 2 unspecified atom stereocenters. The maximum absolute atomic E-state index is 10.4. The average molecular weight is 505 g/mol. The molecule has 4 nitrogen and oxygen atoms in total. The van der Waals surface area contributed by atoms with Crippen LogP contribution in [-0.2, 0) is 0 Å². The van der Waals surface area contributed by atoms with Crippen LogP contribution in [0.3, 0.4) is 0 Å². The zero-order chi connectivity index (χ0) is 26.8. The van der Waals surface area contributed by atoms with Gasteiger partial charge in [-0.15, -0.1) is 0 Å². The first kappa shape index (κ1) is 29.9. The molecule has 0 spiro atoms. The van der Waals surface area contributed by atoms with Crippen molar-refractivity contribution < 1.29 is 20.4 Å². The minimum absolute atomic E-state index is 0.207. The topological polar surface area (TPSA) is 80.9 Å². The number of aliphatic hydroxyl groups is 4. The van der Waals surface area contributed by atoms with Crippen molar-refractivity contribution in [2.75, 3.05) is 0 Å². The van der Waals surface area contributed by atoms with Crippen LogP contribution in [0.2, 0.25) is 0 Å². The molecule has 0 aromatic heterocycles. The number of fused-ring (bicyclic) bond motifs is 1. The standard InChI is InChI=1S/C32H56O4/c1-29(2,35)15-8-17-31(5,18-9-16-30(3,4)36)28-14-13-27-24(10-7-19-32(27,28)6)12-11-23-20-25(33)22-26(34)21-23/h11-12,25-28,33-36H,7-10,13-22H2,1-6H3/t25-,26?,27?,28-,32+/m1/s1. The molecule has 0 aliphatic heterocycles. The van der Waals surface area contributed by atoms with Crippen LogP contribution in [0, 0.1) is 22.7 Å². The fraction of sp³-hybridized carbons (Fsp3) is 0.875. The Bertz CT molecular complexity index is 751. The third kappa shape index (κ3) is 7.91. The lowest BCUT2D eigenvalue weighted by atomic mass is 9.55. The van der Waals surface area contributed by atoms with Gasteiger partial charge in [-0.25, -0.2) is 0 Å². The highest BCUT2D eigenvalue weighted by atomic mass is 16.3. The van der Waals surface area contributed by atoms with Gasteiger partial charge in [0, 0.05) is 0 Å². The maximum Gasteiger partial charge on any atom is 0.0602 e. The highest BCUT2D eigenvalue weighted by Gasteiger charge is 2.54. The molecule has 0 heterocycles. The average Bonchev–Trinajstić information content (AvgIpc) is 3.08. The normalized spacial score (nSPS) is 34.4. The Morgan fingerprint density at radius 2 is 1.39 bits per heavy atom. The van der Waals surface area contributed by atoms with Gasteiger partial charge in [-0.3, -0.25) is 0 Å². The van der Waals surface area contributed by atoms with Crippen molar-refractivity contribution in [3.63, 3.8) is 0 Å². The van der Waals surface area contributed by atoms with Crippen molar-refractivity contribution >= 4 is 0 Å². The molecule has 0 bridgehead atoms. The first-order valence-corrected chi connectivity index (χ1v) is 14.8. The van der Waals surface area contributed by atoms with E-state index in [9.17, 15) is 20.4 Å². The third-order valence-electron chi connectivity index (χ3n) is 9.95. The lowest BCUT2D eigenvalue weighted by Gasteiger charge is -2.50. The zero-order valence-corrected chi connectivity index (χ0v) is 24.2. The van der Waals surface area contributed by atoms with E-state index in [1.165, 1.54) is 31.3 Å². The smallest absolute Gasteiger partial charge is 0.0602 e. The van der Waals surface area contributed by atoms with Crippen molar-refractivity contribution in [1.82, 2.24) is 0 Å². The molecule has 3 rings (SSSR count). The van der Waals surface area contributed by atoms with Gasteiger partial charge in [0.25, 0.3) is 0 Å². The van der Waals surface area contributed by atoms with Crippen LogP contribution in [0.15, 0.2) is 23.3 Å². The van der Waals surface area contributed by atoms with Crippen LogP contribution < -0.4 is 0 Å². The van der Waals surface area contributed by atoms with Crippen LogP contribution in [0.1, 0.15) is 131 Å². The van der Waals surface area contributed by atoms with Gasteiger partial charge in [0.2, 0.25) is 0 Å². The summed E-state index contributed by atoms with van der Waals surface area (Å²) in [6, 6.07) is 0. The number of aliphatic hydroxyl groups excluding tert-OH is 2. The largest absolute Gasteiger partial charge is 0.393 e. The zero-order valence-electron chi connectivity index (χ0n) is 24.2. The Balaban J connectivity index is 1.79. The maximum atomic E-state index is 10.4. The summed E-state index contributed by atoms with van der Waals surface area (Å²) in [4.78, 5) is 0. The van der Waals surface area contributed by atoms with E-state index < -0.39 is 23.4 Å². The summed E-state index contributed by atoms with van der Waals surface area (Å²) in [6.45, 7) is 12.7. The van der Waals surface area contributed by atoms with Crippen LogP contribution in [0.5, 0.6) is 0 Å². The van der Waals surface area contributed by atoms with E-state index in [1.54, 1.807) is 5.57 Å². The first-order valence-electron chi connectivity index (χ1n) is 14.8. The van der Waals surface area contributed by atoms with E-state index in [4.69, 9.17) is 0 Å². The molecule has 0 aromatic carbocycles. The number of allylic oxidation sites excluding steroid dienone is 3. The van der Waals surface area contributed by atoms with Gasteiger partial charge in [-0.05, 0) is 127 Å². The van der Waals surface area contributed by atoms with Gasteiger partial charge in [0.15, 0.2) is 0 Å². The van der Waals surface area contributed by atoms with Crippen molar-refractivity contribution in [2.24, 2.45) is 22.7 Å². The molecule has 0 radical (unpaired) electrons. The van der Waals surface area contributed by atoms with Crippen LogP contribution >= 0.6 is 0 Å². The van der Waals surface area contributed by atoms with Gasteiger partial charge in [-0.1, -0.05) is 50.0 Å². The molecule has 0 amide bonds. The number of rotatable bonds is 10. The van der Waals surface area contributed by atoms with E-state index in [1.807, 2.05) is 27.7 Å². The molecule has 3 aliphatic rings. The summed E-state index contributed by atoms with van der Waals surface area (Å²) in [5, 5.41) is 40.9. The summed E-state index contributed by atoms with van der Waals surface area (Å²) >= 11 is 0. The summed E-state index contributed by atoms with van der Waals surface area (Å²) in [5.41, 5.74) is 2.00. The second-order valence-corrected chi connectivity index (χ2v) is 14.5. The van der Waals surface area contributed by atoms with E-state index in [0.29, 0.717) is 31.1 Å². The Kier molecular flexibility index (Phi) is 9.62. The highest BCUT2D eigenvalue weighted by molar-refractivity contribution is 5.26.